The Morgan fingerprint density at radius 1 is 1.06 bits per heavy atom. The van der Waals surface area contributed by atoms with Crippen molar-refractivity contribution in [1.82, 2.24) is 10.3 Å². The van der Waals surface area contributed by atoms with Crippen molar-refractivity contribution in [3.63, 3.8) is 0 Å². The minimum absolute atomic E-state index is 0.200. The maximum atomic E-state index is 4.03. The molecule has 0 bridgehead atoms. The van der Waals surface area contributed by atoms with E-state index in [0.29, 0.717) is 5.41 Å². The topological polar surface area (TPSA) is 24.9 Å². The number of hydrogen-bond acceptors (Lipinski definition) is 2. The van der Waals surface area contributed by atoms with Gasteiger partial charge in [0.25, 0.3) is 0 Å². The Morgan fingerprint density at radius 3 is 2.18 bits per heavy atom. The van der Waals surface area contributed by atoms with Crippen LogP contribution in [0, 0.1) is 5.41 Å². The zero-order valence-corrected chi connectivity index (χ0v) is 11.9. The Morgan fingerprint density at radius 2 is 1.65 bits per heavy atom. The van der Waals surface area contributed by atoms with Gasteiger partial charge < -0.3 is 5.32 Å². The molecule has 0 atom stereocenters. The Kier molecular flexibility index (Phi) is 4.70. The van der Waals surface area contributed by atoms with Gasteiger partial charge in [-0.2, -0.15) is 0 Å². The zero-order valence-electron chi connectivity index (χ0n) is 11.9. The van der Waals surface area contributed by atoms with Crippen LogP contribution in [0.2, 0.25) is 0 Å². The van der Waals surface area contributed by atoms with Crippen molar-refractivity contribution >= 4 is 0 Å². The van der Waals surface area contributed by atoms with Crippen LogP contribution < -0.4 is 5.32 Å². The molecular weight excluding hydrogens is 208 g/mol. The van der Waals surface area contributed by atoms with Crippen LogP contribution in [0.25, 0.3) is 0 Å². The lowest BCUT2D eigenvalue weighted by molar-refractivity contribution is 0.243. The van der Waals surface area contributed by atoms with Crippen LogP contribution in [0.3, 0.4) is 0 Å². The third-order valence-corrected chi connectivity index (χ3v) is 2.74. The van der Waals surface area contributed by atoms with Gasteiger partial charge >= 0.3 is 0 Å². The number of nitrogens with one attached hydrogen (secondary N) is 1. The summed E-state index contributed by atoms with van der Waals surface area (Å²) in [6.07, 6.45) is 5.96. The molecule has 0 fully saturated rings. The van der Waals surface area contributed by atoms with Crippen LogP contribution in [0.1, 0.15) is 46.6 Å². The predicted octanol–water partition coefficient (Wildman–Crippen LogP) is 3.43. The molecule has 0 aliphatic carbocycles. The molecule has 0 aromatic carbocycles. The van der Waals surface area contributed by atoms with Gasteiger partial charge in [-0.15, -0.1) is 0 Å². The molecule has 1 aromatic heterocycles. The van der Waals surface area contributed by atoms with E-state index in [4.69, 9.17) is 0 Å². The fourth-order valence-electron chi connectivity index (χ4n) is 2.48. The molecule has 0 aliphatic rings. The fraction of sp³-hybridized carbons (Fsp3) is 0.667. The first-order valence-corrected chi connectivity index (χ1v) is 6.42. The van der Waals surface area contributed by atoms with Crippen molar-refractivity contribution in [3.8, 4) is 0 Å². The van der Waals surface area contributed by atoms with E-state index < -0.39 is 0 Å². The first-order chi connectivity index (χ1) is 7.79. The summed E-state index contributed by atoms with van der Waals surface area (Å²) in [6, 6.07) is 4.16. The van der Waals surface area contributed by atoms with E-state index in [-0.39, 0.29) is 5.54 Å². The molecule has 1 N–H and O–H groups in total. The van der Waals surface area contributed by atoms with Crippen LogP contribution in [-0.4, -0.2) is 17.1 Å². The molecule has 1 heterocycles. The Hall–Kier alpha value is -0.890. The van der Waals surface area contributed by atoms with Crippen LogP contribution in [0.5, 0.6) is 0 Å². The lowest BCUT2D eigenvalue weighted by Gasteiger charge is -2.33. The first kappa shape index (κ1) is 14.2. The van der Waals surface area contributed by atoms with Crippen molar-refractivity contribution in [2.24, 2.45) is 5.41 Å². The molecule has 17 heavy (non-hydrogen) atoms. The van der Waals surface area contributed by atoms with Gasteiger partial charge in [0.1, 0.15) is 0 Å². The van der Waals surface area contributed by atoms with Gasteiger partial charge in [0.15, 0.2) is 0 Å². The van der Waals surface area contributed by atoms with Crippen molar-refractivity contribution in [2.75, 3.05) is 6.54 Å². The molecule has 2 nitrogen and oxygen atoms in total. The lowest BCUT2D eigenvalue weighted by Crippen LogP contribution is -2.43. The highest BCUT2D eigenvalue weighted by Gasteiger charge is 2.24. The summed E-state index contributed by atoms with van der Waals surface area (Å²) in [6.45, 7) is 12.5. The minimum atomic E-state index is 0.200. The molecule has 2 heteroatoms. The summed E-state index contributed by atoms with van der Waals surface area (Å²) in [5.41, 5.74) is 1.91. The molecule has 0 saturated carbocycles. The number of aromatic nitrogens is 1. The highest BCUT2D eigenvalue weighted by atomic mass is 14.9. The number of nitrogens with zero attached hydrogens (tertiary/aromatic N) is 1. The number of hydrogen-bond donors (Lipinski definition) is 1. The maximum Gasteiger partial charge on any atom is 0.0270 e. The normalized spacial score (nSPS) is 12.8. The van der Waals surface area contributed by atoms with Crippen LogP contribution in [-0.2, 0) is 6.42 Å². The smallest absolute Gasteiger partial charge is 0.0270 e. The SMILES string of the molecule is CC(C)(C)CC(C)(C)NCCc1ccncc1. The predicted molar refractivity (Wildman–Crippen MR) is 74.1 cm³/mol. The van der Waals surface area contributed by atoms with Crippen LogP contribution in [0.15, 0.2) is 24.5 Å². The Labute approximate surface area is 106 Å². The van der Waals surface area contributed by atoms with E-state index in [1.807, 2.05) is 12.4 Å². The summed E-state index contributed by atoms with van der Waals surface area (Å²) >= 11 is 0. The van der Waals surface area contributed by atoms with Gasteiger partial charge in [-0.05, 0) is 56.3 Å². The van der Waals surface area contributed by atoms with E-state index in [0.717, 1.165) is 13.0 Å². The molecule has 0 unspecified atom stereocenters. The molecule has 0 aliphatic heterocycles. The second-order valence-corrected chi connectivity index (χ2v) is 6.65. The molecule has 0 spiro atoms. The van der Waals surface area contributed by atoms with E-state index in [2.05, 4.69) is 57.1 Å². The molecule has 0 saturated heterocycles. The number of pyridine rings is 1. The standard InChI is InChI=1S/C15H26N2/c1-14(2,3)12-15(4,5)17-11-8-13-6-9-16-10-7-13/h6-7,9-10,17H,8,11-12H2,1-5H3. The average molecular weight is 234 g/mol. The van der Waals surface area contributed by atoms with Gasteiger partial charge in [0.2, 0.25) is 0 Å². The third kappa shape index (κ3) is 6.42. The van der Waals surface area contributed by atoms with Crippen LogP contribution >= 0.6 is 0 Å². The second kappa shape index (κ2) is 5.63. The summed E-state index contributed by atoms with van der Waals surface area (Å²) in [5.74, 6) is 0. The monoisotopic (exact) mass is 234 g/mol. The summed E-state index contributed by atoms with van der Waals surface area (Å²) in [5, 5.41) is 3.64. The van der Waals surface area contributed by atoms with Gasteiger partial charge in [-0.1, -0.05) is 20.8 Å². The molecule has 0 amide bonds. The lowest BCUT2D eigenvalue weighted by atomic mass is 9.82. The Balaban J connectivity index is 2.35. The van der Waals surface area contributed by atoms with Gasteiger partial charge in [0, 0.05) is 17.9 Å². The molecular formula is C15H26N2. The zero-order chi connectivity index (χ0) is 12.9. The molecule has 96 valence electrons. The van der Waals surface area contributed by atoms with E-state index in [1.54, 1.807) is 0 Å². The summed E-state index contributed by atoms with van der Waals surface area (Å²) < 4.78 is 0. The molecule has 1 aromatic rings. The van der Waals surface area contributed by atoms with E-state index in [1.165, 1.54) is 12.0 Å². The third-order valence-electron chi connectivity index (χ3n) is 2.74. The maximum absolute atomic E-state index is 4.03. The van der Waals surface area contributed by atoms with E-state index >= 15 is 0 Å². The minimum Gasteiger partial charge on any atom is -0.311 e. The second-order valence-electron chi connectivity index (χ2n) is 6.65. The average Bonchev–Trinajstić information content (AvgIpc) is 2.15. The van der Waals surface area contributed by atoms with Gasteiger partial charge in [-0.25, -0.2) is 0 Å². The van der Waals surface area contributed by atoms with Crippen LogP contribution in [0.4, 0.5) is 0 Å². The van der Waals surface area contributed by atoms with Crippen molar-refractivity contribution in [3.05, 3.63) is 30.1 Å². The Bertz CT molecular complexity index is 323. The van der Waals surface area contributed by atoms with Crippen molar-refractivity contribution < 1.29 is 0 Å². The summed E-state index contributed by atoms with van der Waals surface area (Å²) in [7, 11) is 0. The van der Waals surface area contributed by atoms with Gasteiger partial charge in [0.05, 0.1) is 0 Å². The number of rotatable bonds is 5. The quantitative estimate of drug-likeness (QED) is 0.844. The van der Waals surface area contributed by atoms with Crippen molar-refractivity contribution in [2.45, 2.75) is 53.0 Å². The highest BCUT2D eigenvalue weighted by molar-refractivity contribution is 5.10. The molecule has 1 rings (SSSR count). The summed E-state index contributed by atoms with van der Waals surface area (Å²) in [4.78, 5) is 4.03. The fourth-order valence-corrected chi connectivity index (χ4v) is 2.48. The van der Waals surface area contributed by atoms with Crippen molar-refractivity contribution in [1.29, 1.82) is 0 Å². The van der Waals surface area contributed by atoms with Gasteiger partial charge in [-0.3, -0.25) is 4.98 Å². The first-order valence-electron chi connectivity index (χ1n) is 6.42. The largest absolute Gasteiger partial charge is 0.311 e. The molecule has 0 radical (unpaired) electrons. The highest BCUT2D eigenvalue weighted by Crippen LogP contribution is 2.26. The van der Waals surface area contributed by atoms with E-state index in [9.17, 15) is 0 Å².